The van der Waals surface area contributed by atoms with Crippen LogP contribution in [0.25, 0.3) is 0 Å². The number of anilines is 1. The Labute approximate surface area is 106 Å². The van der Waals surface area contributed by atoms with Crippen molar-refractivity contribution in [1.82, 2.24) is 0 Å². The first kappa shape index (κ1) is 12.4. The fourth-order valence-electron chi connectivity index (χ4n) is 2.02. The molecule has 92 valence electrons. The molecule has 0 saturated carbocycles. The molecule has 0 aliphatic carbocycles. The predicted octanol–water partition coefficient (Wildman–Crippen LogP) is 2.77. The maximum absolute atomic E-state index is 11.2. The van der Waals surface area contributed by atoms with E-state index in [9.17, 15) is 4.79 Å². The van der Waals surface area contributed by atoms with Crippen molar-refractivity contribution in [3.05, 3.63) is 28.8 Å². The second-order valence-electron chi connectivity index (χ2n) is 4.35. The molecule has 1 fully saturated rings. The minimum atomic E-state index is 0.0359. The molecule has 1 aliphatic rings. The van der Waals surface area contributed by atoms with E-state index in [4.69, 9.17) is 16.3 Å². The lowest BCUT2D eigenvalue weighted by Gasteiger charge is -2.33. The smallest absolute Gasteiger partial charge is 0.159 e. The van der Waals surface area contributed by atoms with Crippen LogP contribution in [0, 0.1) is 0 Å². The van der Waals surface area contributed by atoms with Gasteiger partial charge in [-0.05, 0) is 32.0 Å². The number of carbonyl (C=O) groups excluding carboxylic acids is 1. The highest BCUT2D eigenvalue weighted by molar-refractivity contribution is 6.33. The van der Waals surface area contributed by atoms with Crippen LogP contribution in [0.5, 0.6) is 0 Å². The van der Waals surface area contributed by atoms with Crippen molar-refractivity contribution in [2.24, 2.45) is 0 Å². The second-order valence-corrected chi connectivity index (χ2v) is 4.76. The molecule has 1 aliphatic heterocycles. The van der Waals surface area contributed by atoms with Crippen molar-refractivity contribution < 1.29 is 9.53 Å². The third kappa shape index (κ3) is 2.79. The third-order valence-corrected chi connectivity index (χ3v) is 3.24. The summed E-state index contributed by atoms with van der Waals surface area (Å²) in [5.41, 5.74) is 1.63. The van der Waals surface area contributed by atoms with E-state index >= 15 is 0 Å². The molecule has 0 bridgehead atoms. The Balaban J connectivity index is 2.23. The first-order chi connectivity index (χ1) is 8.08. The summed E-state index contributed by atoms with van der Waals surface area (Å²) in [7, 11) is 0. The van der Waals surface area contributed by atoms with E-state index < -0.39 is 0 Å². The Kier molecular flexibility index (Phi) is 3.69. The van der Waals surface area contributed by atoms with E-state index in [2.05, 4.69) is 4.90 Å². The molecule has 0 spiro atoms. The summed E-state index contributed by atoms with van der Waals surface area (Å²) in [4.78, 5) is 13.4. The summed E-state index contributed by atoms with van der Waals surface area (Å²) in [6.45, 7) is 5.97. The average Bonchev–Trinajstić information content (AvgIpc) is 2.28. The van der Waals surface area contributed by atoms with Gasteiger partial charge in [0.1, 0.15) is 0 Å². The molecule has 3 nitrogen and oxygen atoms in total. The van der Waals surface area contributed by atoms with E-state index in [0.717, 1.165) is 18.8 Å². The van der Waals surface area contributed by atoms with Crippen LogP contribution in [0.15, 0.2) is 18.2 Å². The van der Waals surface area contributed by atoms with Crippen LogP contribution in [0.2, 0.25) is 5.02 Å². The zero-order valence-electron chi connectivity index (χ0n) is 10.1. The molecule has 1 aromatic rings. The van der Waals surface area contributed by atoms with Crippen LogP contribution < -0.4 is 4.90 Å². The summed E-state index contributed by atoms with van der Waals surface area (Å²) < 4.78 is 5.49. The van der Waals surface area contributed by atoms with Gasteiger partial charge in [0.2, 0.25) is 0 Å². The Hall–Kier alpha value is -1.06. The predicted molar refractivity (Wildman–Crippen MR) is 69.1 cm³/mol. The van der Waals surface area contributed by atoms with Crippen molar-refractivity contribution in [2.45, 2.75) is 20.0 Å². The number of hydrogen-bond donors (Lipinski definition) is 0. The molecule has 1 heterocycles. The number of nitrogens with zero attached hydrogens (tertiary/aromatic N) is 1. The topological polar surface area (TPSA) is 29.5 Å². The number of hydrogen-bond acceptors (Lipinski definition) is 3. The number of benzene rings is 1. The Morgan fingerprint density at radius 2 is 2.29 bits per heavy atom. The Morgan fingerprint density at radius 1 is 1.53 bits per heavy atom. The minimum Gasteiger partial charge on any atom is -0.375 e. The largest absolute Gasteiger partial charge is 0.375 e. The summed E-state index contributed by atoms with van der Waals surface area (Å²) >= 11 is 6.22. The zero-order chi connectivity index (χ0) is 12.4. The first-order valence-electron chi connectivity index (χ1n) is 5.75. The molecule has 1 aromatic carbocycles. The van der Waals surface area contributed by atoms with Gasteiger partial charge in [0.05, 0.1) is 23.4 Å². The molecule has 1 unspecified atom stereocenters. The SMILES string of the molecule is CC(=O)c1ccc(N2CCOC(C)C2)c(Cl)c1. The molecule has 0 N–H and O–H groups in total. The van der Waals surface area contributed by atoms with Gasteiger partial charge in [-0.3, -0.25) is 4.79 Å². The molecule has 0 amide bonds. The van der Waals surface area contributed by atoms with Gasteiger partial charge in [0.25, 0.3) is 0 Å². The van der Waals surface area contributed by atoms with Gasteiger partial charge < -0.3 is 9.64 Å². The maximum atomic E-state index is 11.2. The molecule has 1 saturated heterocycles. The lowest BCUT2D eigenvalue weighted by atomic mass is 10.1. The van der Waals surface area contributed by atoms with Gasteiger partial charge in [-0.25, -0.2) is 0 Å². The van der Waals surface area contributed by atoms with Crippen LogP contribution >= 0.6 is 11.6 Å². The molecule has 2 rings (SSSR count). The van der Waals surface area contributed by atoms with Crippen molar-refractivity contribution in [3.63, 3.8) is 0 Å². The third-order valence-electron chi connectivity index (χ3n) is 2.94. The molecular formula is C13H16ClNO2. The zero-order valence-corrected chi connectivity index (χ0v) is 10.8. The summed E-state index contributed by atoms with van der Waals surface area (Å²) in [6.07, 6.45) is 0.215. The molecule has 1 atom stereocenters. The van der Waals surface area contributed by atoms with E-state index in [1.165, 1.54) is 0 Å². The molecule has 0 radical (unpaired) electrons. The highest BCUT2D eigenvalue weighted by Crippen LogP contribution is 2.28. The number of Topliss-reactive ketones (excluding diaryl/α,β-unsaturated/α-hetero) is 1. The lowest BCUT2D eigenvalue weighted by molar-refractivity contribution is 0.0532. The van der Waals surface area contributed by atoms with Crippen molar-refractivity contribution in [2.75, 3.05) is 24.6 Å². The average molecular weight is 254 g/mol. The van der Waals surface area contributed by atoms with Crippen molar-refractivity contribution in [1.29, 1.82) is 0 Å². The fourth-order valence-corrected chi connectivity index (χ4v) is 2.32. The van der Waals surface area contributed by atoms with Crippen molar-refractivity contribution >= 4 is 23.1 Å². The number of halogens is 1. The first-order valence-corrected chi connectivity index (χ1v) is 6.13. The van der Waals surface area contributed by atoms with E-state index in [1.807, 2.05) is 19.1 Å². The van der Waals surface area contributed by atoms with Crippen LogP contribution in [0.4, 0.5) is 5.69 Å². The van der Waals surface area contributed by atoms with E-state index in [1.54, 1.807) is 13.0 Å². The number of rotatable bonds is 2. The maximum Gasteiger partial charge on any atom is 0.159 e. The van der Waals surface area contributed by atoms with Crippen LogP contribution in [0.3, 0.4) is 0 Å². The van der Waals surface area contributed by atoms with Gasteiger partial charge in [-0.1, -0.05) is 11.6 Å². The van der Waals surface area contributed by atoms with Gasteiger partial charge in [-0.2, -0.15) is 0 Å². The standard InChI is InChI=1S/C13H16ClNO2/c1-9-8-15(5-6-17-9)13-4-3-11(10(2)16)7-12(13)14/h3-4,7,9H,5-6,8H2,1-2H3. The number of carbonyl (C=O) groups is 1. The Morgan fingerprint density at radius 3 is 2.88 bits per heavy atom. The monoisotopic (exact) mass is 253 g/mol. The molecule has 17 heavy (non-hydrogen) atoms. The molecule has 0 aromatic heterocycles. The summed E-state index contributed by atoms with van der Waals surface area (Å²) in [5, 5.41) is 0.631. The normalized spacial score (nSPS) is 20.4. The Bertz CT molecular complexity index is 433. The van der Waals surface area contributed by atoms with E-state index in [0.29, 0.717) is 17.2 Å². The quantitative estimate of drug-likeness (QED) is 0.759. The lowest BCUT2D eigenvalue weighted by Crippen LogP contribution is -2.41. The highest BCUT2D eigenvalue weighted by atomic mass is 35.5. The van der Waals surface area contributed by atoms with Crippen LogP contribution in [-0.2, 0) is 4.74 Å². The van der Waals surface area contributed by atoms with Gasteiger partial charge in [0, 0.05) is 18.7 Å². The number of morpholine rings is 1. The molecular weight excluding hydrogens is 238 g/mol. The van der Waals surface area contributed by atoms with E-state index in [-0.39, 0.29) is 11.9 Å². The molecule has 4 heteroatoms. The summed E-state index contributed by atoms with van der Waals surface area (Å²) in [6, 6.07) is 5.47. The fraction of sp³-hybridized carbons (Fsp3) is 0.462. The highest BCUT2D eigenvalue weighted by Gasteiger charge is 2.19. The second kappa shape index (κ2) is 5.07. The number of ether oxygens (including phenoxy) is 1. The summed E-state index contributed by atoms with van der Waals surface area (Å²) in [5.74, 6) is 0.0359. The van der Waals surface area contributed by atoms with Gasteiger partial charge in [-0.15, -0.1) is 0 Å². The van der Waals surface area contributed by atoms with Gasteiger partial charge in [0.15, 0.2) is 5.78 Å². The minimum absolute atomic E-state index is 0.0359. The number of ketones is 1. The van der Waals surface area contributed by atoms with Crippen molar-refractivity contribution in [3.8, 4) is 0 Å². The van der Waals surface area contributed by atoms with Gasteiger partial charge >= 0.3 is 0 Å². The van der Waals surface area contributed by atoms with Crippen LogP contribution in [0.1, 0.15) is 24.2 Å². The van der Waals surface area contributed by atoms with Crippen LogP contribution in [-0.4, -0.2) is 31.6 Å².